The average molecular weight is 293 g/mol. The van der Waals surface area contributed by atoms with Crippen LogP contribution in [0.3, 0.4) is 0 Å². The molecule has 0 radical (unpaired) electrons. The predicted molar refractivity (Wildman–Crippen MR) is 69.7 cm³/mol. The van der Waals surface area contributed by atoms with Gasteiger partial charge < -0.3 is 24.8 Å². The lowest BCUT2D eigenvalue weighted by atomic mass is 10.6. The van der Waals surface area contributed by atoms with Gasteiger partial charge in [-0.2, -0.15) is 0 Å². The molecule has 0 saturated heterocycles. The Morgan fingerprint density at radius 1 is 0.900 bits per heavy atom. The number of nitrogens with two attached hydrogens (primary N) is 1. The molecular formula is C11H23N3O6. The molecule has 20 heavy (non-hydrogen) atoms. The molecule has 9 nitrogen and oxygen atoms in total. The second-order valence-electron chi connectivity index (χ2n) is 3.67. The number of carbonyl (C=O) groups is 2. The number of amides is 2. The number of ether oxygens (including phenoxy) is 3. The van der Waals surface area contributed by atoms with Crippen LogP contribution < -0.4 is 16.5 Å². The number of hydrogen-bond acceptors (Lipinski definition) is 7. The predicted octanol–water partition coefficient (Wildman–Crippen LogP) is -2.21. The summed E-state index contributed by atoms with van der Waals surface area (Å²) in [4.78, 5) is 26.1. The smallest absolute Gasteiger partial charge is 0.248 e. The summed E-state index contributed by atoms with van der Waals surface area (Å²) in [5, 5.41) is 5.17. The number of nitrogens with one attached hydrogen (secondary N) is 2. The van der Waals surface area contributed by atoms with Gasteiger partial charge in [-0.1, -0.05) is 0 Å². The molecular weight excluding hydrogens is 270 g/mol. The highest BCUT2D eigenvalue weighted by Gasteiger charge is 1.99. The van der Waals surface area contributed by atoms with Crippen molar-refractivity contribution in [2.24, 2.45) is 5.90 Å². The van der Waals surface area contributed by atoms with Gasteiger partial charge in [0.25, 0.3) is 0 Å². The van der Waals surface area contributed by atoms with Crippen LogP contribution in [0, 0.1) is 0 Å². The maximum atomic E-state index is 11.0. The molecule has 0 bridgehead atoms. The fourth-order valence-electron chi connectivity index (χ4n) is 1.16. The van der Waals surface area contributed by atoms with E-state index >= 15 is 0 Å². The van der Waals surface area contributed by atoms with E-state index in [1.54, 1.807) is 0 Å². The van der Waals surface area contributed by atoms with E-state index in [-0.39, 0.29) is 25.0 Å². The minimum Gasteiger partial charge on any atom is -0.377 e. The zero-order valence-corrected chi connectivity index (χ0v) is 11.7. The second kappa shape index (κ2) is 14.2. The molecule has 0 aliphatic heterocycles. The van der Waals surface area contributed by atoms with Crippen molar-refractivity contribution in [1.29, 1.82) is 0 Å². The normalized spacial score (nSPS) is 10.3. The Morgan fingerprint density at radius 2 is 1.40 bits per heavy atom. The van der Waals surface area contributed by atoms with Crippen LogP contribution in [-0.2, 0) is 28.6 Å². The summed E-state index contributed by atoms with van der Waals surface area (Å²) in [7, 11) is 1.46. The lowest BCUT2D eigenvalue weighted by Gasteiger charge is -2.07. The SMILES string of the molecule is COCC(=O)NCCOCCOCCNC(=O)CON. The second-order valence-corrected chi connectivity index (χ2v) is 3.67. The van der Waals surface area contributed by atoms with E-state index < -0.39 is 0 Å². The van der Waals surface area contributed by atoms with E-state index in [9.17, 15) is 9.59 Å². The molecule has 0 aromatic carbocycles. The Kier molecular flexibility index (Phi) is 13.3. The van der Waals surface area contributed by atoms with Crippen LogP contribution in [0.15, 0.2) is 0 Å². The molecule has 118 valence electrons. The van der Waals surface area contributed by atoms with E-state index in [2.05, 4.69) is 20.2 Å². The lowest BCUT2D eigenvalue weighted by molar-refractivity contribution is -0.126. The molecule has 0 unspecified atom stereocenters. The zero-order chi connectivity index (χ0) is 15.1. The van der Waals surface area contributed by atoms with Crippen LogP contribution >= 0.6 is 0 Å². The average Bonchev–Trinajstić information content (AvgIpc) is 2.41. The van der Waals surface area contributed by atoms with Gasteiger partial charge in [0.1, 0.15) is 13.2 Å². The molecule has 0 heterocycles. The zero-order valence-electron chi connectivity index (χ0n) is 11.7. The Morgan fingerprint density at radius 3 is 1.85 bits per heavy atom. The Balaban J connectivity index is 3.13. The highest BCUT2D eigenvalue weighted by molar-refractivity contribution is 5.77. The highest BCUT2D eigenvalue weighted by atomic mass is 16.6. The molecule has 0 rings (SSSR count). The van der Waals surface area contributed by atoms with Crippen molar-refractivity contribution in [1.82, 2.24) is 10.6 Å². The maximum Gasteiger partial charge on any atom is 0.248 e. The van der Waals surface area contributed by atoms with Gasteiger partial charge in [-0.05, 0) is 0 Å². The molecule has 0 fully saturated rings. The standard InChI is InChI=1S/C11H23N3O6/c1-17-8-10(15)13-2-4-18-6-7-19-5-3-14-11(16)9-20-12/h2-9,12H2,1H3,(H,13,15)(H,14,16). The lowest BCUT2D eigenvalue weighted by Crippen LogP contribution is -2.32. The number of carbonyl (C=O) groups excluding carboxylic acids is 2. The third kappa shape index (κ3) is 13.2. The summed E-state index contributed by atoms with van der Waals surface area (Å²) in [6.07, 6.45) is 0. The summed E-state index contributed by atoms with van der Waals surface area (Å²) >= 11 is 0. The summed E-state index contributed by atoms with van der Waals surface area (Å²) in [5.41, 5.74) is 0. The van der Waals surface area contributed by atoms with E-state index in [1.807, 2.05) is 0 Å². The van der Waals surface area contributed by atoms with Crippen molar-refractivity contribution in [3.63, 3.8) is 0 Å². The minimum atomic E-state index is -0.292. The fourth-order valence-corrected chi connectivity index (χ4v) is 1.16. The molecule has 0 aromatic rings. The van der Waals surface area contributed by atoms with Gasteiger partial charge in [0.15, 0.2) is 0 Å². The van der Waals surface area contributed by atoms with Crippen LogP contribution in [0.5, 0.6) is 0 Å². The number of methoxy groups -OCH3 is 1. The first-order valence-corrected chi connectivity index (χ1v) is 6.20. The van der Waals surface area contributed by atoms with Crippen LogP contribution in [-0.4, -0.2) is 71.7 Å². The van der Waals surface area contributed by atoms with E-state index in [0.29, 0.717) is 39.5 Å². The quantitative estimate of drug-likeness (QED) is 0.260. The topological polar surface area (TPSA) is 121 Å². The summed E-state index contributed by atoms with van der Waals surface area (Å²) < 4.78 is 15.1. The third-order valence-corrected chi connectivity index (χ3v) is 2.00. The number of rotatable bonds is 13. The van der Waals surface area contributed by atoms with Crippen molar-refractivity contribution < 1.29 is 28.6 Å². The molecule has 0 aliphatic carbocycles. The van der Waals surface area contributed by atoms with E-state index in [4.69, 9.17) is 15.4 Å². The first-order chi connectivity index (χ1) is 9.70. The summed E-state index contributed by atoms with van der Waals surface area (Å²) in [6, 6.07) is 0. The molecule has 9 heteroatoms. The Labute approximate surface area is 118 Å². The molecule has 0 aromatic heterocycles. The van der Waals surface area contributed by atoms with Crippen molar-refractivity contribution in [2.75, 3.05) is 59.8 Å². The molecule has 0 aliphatic rings. The summed E-state index contributed by atoms with van der Waals surface area (Å²) in [6.45, 7) is 2.30. The van der Waals surface area contributed by atoms with Crippen molar-refractivity contribution >= 4 is 11.8 Å². The first kappa shape index (κ1) is 18.7. The Bertz CT molecular complexity index is 239. The fraction of sp³-hybridized carbons (Fsp3) is 0.818. The van der Waals surface area contributed by atoms with Gasteiger partial charge in [0.05, 0.1) is 26.4 Å². The van der Waals surface area contributed by atoms with Gasteiger partial charge >= 0.3 is 0 Å². The van der Waals surface area contributed by atoms with Crippen LogP contribution in [0.25, 0.3) is 0 Å². The monoisotopic (exact) mass is 293 g/mol. The molecule has 0 atom stereocenters. The van der Waals surface area contributed by atoms with E-state index in [0.717, 1.165) is 0 Å². The molecule has 4 N–H and O–H groups in total. The van der Waals surface area contributed by atoms with Gasteiger partial charge in [-0.15, -0.1) is 0 Å². The van der Waals surface area contributed by atoms with Crippen molar-refractivity contribution in [3.05, 3.63) is 0 Å². The third-order valence-electron chi connectivity index (χ3n) is 2.00. The highest BCUT2D eigenvalue weighted by Crippen LogP contribution is 1.79. The largest absolute Gasteiger partial charge is 0.377 e. The number of hydrogen-bond donors (Lipinski definition) is 3. The molecule has 0 saturated carbocycles. The van der Waals surface area contributed by atoms with Gasteiger partial charge in [-0.3, -0.25) is 14.4 Å². The van der Waals surface area contributed by atoms with Crippen LogP contribution in [0.1, 0.15) is 0 Å². The maximum absolute atomic E-state index is 11.0. The van der Waals surface area contributed by atoms with Gasteiger partial charge in [-0.25, -0.2) is 5.90 Å². The Hall–Kier alpha value is -1.26. The minimum absolute atomic E-state index is 0.0457. The van der Waals surface area contributed by atoms with E-state index in [1.165, 1.54) is 7.11 Å². The summed E-state index contributed by atoms with van der Waals surface area (Å²) in [5.74, 6) is 4.26. The van der Waals surface area contributed by atoms with Crippen LogP contribution in [0.2, 0.25) is 0 Å². The van der Waals surface area contributed by atoms with Crippen molar-refractivity contribution in [3.8, 4) is 0 Å². The van der Waals surface area contributed by atoms with Crippen molar-refractivity contribution in [2.45, 2.75) is 0 Å². The first-order valence-electron chi connectivity index (χ1n) is 6.20. The molecule has 2 amide bonds. The van der Waals surface area contributed by atoms with Crippen LogP contribution in [0.4, 0.5) is 0 Å². The van der Waals surface area contributed by atoms with Gasteiger partial charge in [0.2, 0.25) is 11.8 Å². The van der Waals surface area contributed by atoms with Gasteiger partial charge in [0, 0.05) is 20.2 Å². The molecule has 0 spiro atoms.